The highest BCUT2D eigenvalue weighted by Gasteiger charge is 2.55. The smallest absolute Gasteiger partial charge is 0.314 e. The zero-order valence-corrected chi connectivity index (χ0v) is 10.8. The summed E-state index contributed by atoms with van der Waals surface area (Å²) in [5.41, 5.74) is -1.17. The minimum Gasteiger partial charge on any atom is -0.314 e. The number of rotatable bonds is 1. The van der Waals surface area contributed by atoms with Crippen LogP contribution in [0.2, 0.25) is 0 Å². The van der Waals surface area contributed by atoms with Crippen LogP contribution in [-0.2, 0) is 14.4 Å². The minimum atomic E-state index is -1.95. The number of carbonyl (C=O) groups is 3. The van der Waals surface area contributed by atoms with Crippen LogP contribution in [0.15, 0.2) is 0 Å². The third-order valence-electron chi connectivity index (χ3n) is 2.16. The lowest BCUT2D eigenvalue weighted by atomic mass is 10.2. The fourth-order valence-electron chi connectivity index (χ4n) is 1.41. The third-order valence-corrected chi connectivity index (χ3v) is 3.69. The normalized spacial score (nSPS) is 24.9. The number of halogens is 3. The van der Waals surface area contributed by atoms with Crippen LogP contribution in [0.1, 0.15) is 13.8 Å². The Morgan fingerprint density at radius 1 is 1.38 bits per heavy atom. The van der Waals surface area contributed by atoms with E-state index in [1.54, 1.807) is 6.92 Å². The van der Waals surface area contributed by atoms with E-state index < -0.39 is 27.7 Å². The number of amides is 3. The van der Waals surface area contributed by atoms with E-state index in [0.29, 0.717) is 4.90 Å². The van der Waals surface area contributed by atoms with E-state index in [1.807, 2.05) is 0 Å². The lowest BCUT2D eigenvalue weighted by Crippen LogP contribution is -2.67. The van der Waals surface area contributed by atoms with E-state index in [1.165, 1.54) is 0 Å². The number of carbonyl (C=O) groups excluding carboxylic acids is 3. The zero-order chi connectivity index (χ0) is 12.7. The summed E-state index contributed by atoms with van der Waals surface area (Å²) in [5.74, 6) is -2.70. The molecule has 1 unspecified atom stereocenters. The molecule has 0 aromatic heterocycles. The molecule has 1 aliphatic rings. The van der Waals surface area contributed by atoms with E-state index in [4.69, 9.17) is 34.8 Å². The first kappa shape index (κ1) is 13.5. The fraction of sp³-hybridized carbons (Fsp3) is 0.625. The second-order valence-electron chi connectivity index (χ2n) is 3.17. The van der Waals surface area contributed by atoms with Crippen molar-refractivity contribution in [3.63, 3.8) is 0 Å². The molecule has 0 N–H and O–H groups in total. The largest absolute Gasteiger partial charge is 0.321 e. The van der Waals surface area contributed by atoms with Crippen LogP contribution < -0.4 is 0 Å². The molecule has 90 valence electrons. The lowest BCUT2D eigenvalue weighted by molar-refractivity contribution is -0.164. The van der Waals surface area contributed by atoms with Crippen molar-refractivity contribution in [3.8, 4) is 0 Å². The molecule has 0 spiro atoms. The second kappa shape index (κ2) is 4.39. The minimum absolute atomic E-state index is 0.172. The van der Waals surface area contributed by atoms with Crippen LogP contribution >= 0.6 is 34.8 Å². The van der Waals surface area contributed by atoms with Gasteiger partial charge in [-0.05, 0) is 6.92 Å². The van der Waals surface area contributed by atoms with Gasteiger partial charge in [-0.1, -0.05) is 34.8 Å². The molecular weight excluding hydrogens is 278 g/mol. The number of piperazine rings is 1. The van der Waals surface area contributed by atoms with E-state index in [2.05, 4.69) is 0 Å². The number of hydrogen-bond acceptors (Lipinski definition) is 3. The van der Waals surface area contributed by atoms with Crippen molar-refractivity contribution in [2.24, 2.45) is 0 Å². The number of alkyl halides is 3. The molecule has 1 rings (SSSR count). The highest BCUT2D eigenvalue weighted by Crippen LogP contribution is 2.39. The van der Waals surface area contributed by atoms with Gasteiger partial charge in [-0.15, -0.1) is 0 Å². The van der Waals surface area contributed by atoms with Crippen molar-refractivity contribution >= 4 is 52.5 Å². The maximum Gasteiger partial charge on any atom is 0.321 e. The van der Waals surface area contributed by atoms with Crippen molar-refractivity contribution in [2.45, 2.75) is 23.8 Å². The molecule has 16 heavy (non-hydrogen) atoms. The second-order valence-corrected chi connectivity index (χ2v) is 4.93. The molecule has 0 bridgehead atoms. The van der Waals surface area contributed by atoms with E-state index >= 15 is 0 Å². The van der Waals surface area contributed by atoms with Crippen molar-refractivity contribution in [2.75, 3.05) is 6.54 Å². The first-order valence-corrected chi connectivity index (χ1v) is 5.62. The van der Waals surface area contributed by atoms with Gasteiger partial charge in [-0.2, -0.15) is 0 Å². The standard InChI is InChI=1S/C8H9Cl3N2O3/c1-3-12-5(15)6(16)13(4(2)14)8(10,11)7(12)9/h7H,3H2,1-2H3. The Balaban J connectivity index is 3.22. The predicted molar refractivity (Wildman–Crippen MR) is 59.0 cm³/mol. The number of hydrogen-bond donors (Lipinski definition) is 0. The van der Waals surface area contributed by atoms with Crippen LogP contribution in [0, 0.1) is 0 Å². The molecule has 1 heterocycles. The summed E-state index contributed by atoms with van der Waals surface area (Å²) in [6, 6.07) is 0. The molecule has 1 atom stereocenters. The van der Waals surface area contributed by atoms with Gasteiger partial charge in [0.2, 0.25) is 10.4 Å². The van der Waals surface area contributed by atoms with Gasteiger partial charge in [0.15, 0.2) is 5.50 Å². The van der Waals surface area contributed by atoms with Crippen LogP contribution in [0.25, 0.3) is 0 Å². The molecular formula is C8H9Cl3N2O3. The Morgan fingerprint density at radius 3 is 2.25 bits per heavy atom. The molecule has 0 aromatic carbocycles. The van der Waals surface area contributed by atoms with E-state index in [-0.39, 0.29) is 6.54 Å². The van der Waals surface area contributed by atoms with Crippen molar-refractivity contribution in [1.29, 1.82) is 0 Å². The van der Waals surface area contributed by atoms with Gasteiger partial charge < -0.3 is 4.90 Å². The topological polar surface area (TPSA) is 57.7 Å². The Labute approximate surface area is 107 Å². The maximum absolute atomic E-state index is 11.6. The molecule has 1 saturated heterocycles. The predicted octanol–water partition coefficient (Wildman–Crippen LogP) is 0.920. The fourth-order valence-corrected chi connectivity index (χ4v) is 2.36. The quantitative estimate of drug-likeness (QED) is 0.409. The van der Waals surface area contributed by atoms with Gasteiger partial charge in [-0.3, -0.25) is 14.4 Å². The average Bonchev–Trinajstić information content (AvgIpc) is 2.15. The van der Waals surface area contributed by atoms with Crippen LogP contribution in [0.4, 0.5) is 0 Å². The van der Waals surface area contributed by atoms with Crippen molar-refractivity contribution < 1.29 is 14.4 Å². The summed E-state index contributed by atoms with van der Waals surface area (Å²) >= 11 is 17.6. The van der Waals surface area contributed by atoms with Gasteiger partial charge in [0, 0.05) is 13.5 Å². The van der Waals surface area contributed by atoms with Gasteiger partial charge in [0.05, 0.1) is 0 Å². The molecule has 0 radical (unpaired) electrons. The molecule has 0 saturated carbocycles. The zero-order valence-electron chi connectivity index (χ0n) is 8.54. The molecule has 5 nitrogen and oxygen atoms in total. The highest BCUT2D eigenvalue weighted by atomic mass is 35.5. The van der Waals surface area contributed by atoms with Gasteiger partial charge in [-0.25, -0.2) is 4.90 Å². The van der Waals surface area contributed by atoms with E-state index in [0.717, 1.165) is 11.8 Å². The maximum atomic E-state index is 11.6. The number of imide groups is 1. The summed E-state index contributed by atoms with van der Waals surface area (Å²) in [7, 11) is 0. The number of likely N-dealkylation sites (N-methyl/N-ethyl adjacent to an activating group) is 1. The summed E-state index contributed by atoms with van der Waals surface area (Å²) in [6.07, 6.45) is 0. The molecule has 0 aliphatic carbocycles. The molecule has 0 aromatic rings. The van der Waals surface area contributed by atoms with Gasteiger partial charge in [0.1, 0.15) is 0 Å². The number of nitrogens with zero attached hydrogens (tertiary/aromatic N) is 2. The summed E-state index contributed by atoms with van der Waals surface area (Å²) in [6.45, 7) is 2.87. The third kappa shape index (κ3) is 1.87. The summed E-state index contributed by atoms with van der Waals surface area (Å²) in [4.78, 5) is 35.8. The molecule has 1 fully saturated rings. The average molecular weight is 288 g/mol. The summed E-state index contributed by atoms with van der Waals surface area (Å²) in [5, 5.41) is 0. The first-order valence-electron chi connectivity index (χ1n) is 4.42. The van der Waals surface area contributed by atoms with Crippen LogP contribution in [0.3, 0.4) is 0 Å². The Kier molecular flexibility index (Phi) is 3.72. The SMILES string of the molecule is CCN1C(=O)C(=O)N(C(C)=O)C(Cl)(Cl)C1Cl. The van der Waals surface area contributed by atoms with Crippen molar-refractivity contribution in [3.05, 3.63) is 0 Å². The van der Waals surface area contributed by atoms with Crippen LogP contribution in [-0.4, -0.2) is 44.0 Å². The lowest BCUT2D eigenvalue weighted by Gasteiger charge is -2.44. The summed E-state index contributed by atoms with van der Waals surface area (Å²) < 4.78 is -1.95. The monoisotopic (exact) mass is 286 g/mol. The Morgan fingerprint density at radius 2 is 1.88 bits per heavy atom. The Hall–Kier alpha value is -0.520. The molecule has 3 amide bonds. The van der Waals surface area contributed by atoms with Gasteiger partial charge in [0.25, 0.3) is 0 Å². The Bertz CT molecular complexity index is 358. The van der Waals surface area contributed by atoms with Crippen molar-refractivity contribution in [1.82, 2.24) is 9.80 Å². The van der Waals surface area contributed by atoms with E-state index in [9.17, 15) is 14.4 Å². The first-order chi connectivity index (χ1) is 7.25. The van der Waals surface area contributed by atoms with Gasteiger partial charge >= 0.3 is 11.8 Å². The van der Waals surface area contributed by atoms with Crippen LogP contribution in [0.5, 0.6) is 0 Å². The molecule has 8 heteroatoms. The molecule has 1 aliphatic heterocycles. The highest BCUT2D eigenvalue weighted by molar-refractivity contribution is 6.57.